The summed E-state index contributed by atoms with van der Waals surface area (Å²) in [6.07, 6.45) is 3.63. The van der Waals surface area contributed by atoms with E-state index in [1.54, 1.807) is 0 Å². The van der Waals surface area contributed by atoms with Gasteiger partial charge in [-0.1, -0.05) is 6.92 Å². The summed E-state index contributed by atoms with van der Waals surface area (Å²) >= 11 is 0. The first kappa shape index (κ1) is 13.4. The van der Waals surface area contributed by atoms with Crippen molar-refractivity contribution in [2.75, 3.05) is 0 Å². The molecule has 2 atom stereocenters. The summed E-state index contributed by atoms with van der Waals surface area (Å²) in [7, 11) is 0. The van der Waals surface area contributed by atoms with E-state index in [2.05, 4.69) is 0 Å². The van der Waals surface area contributed by atoms with Crippen LogP contribution in [0.4, 0.5) is 0 Å². The Labute approximate surface area is 114 Å². The molecule has 0 heterocycles. The number of hydrogen-bond donors (Lipinski definition) is 2. The smallest absolute Gasteiger partial charge is 0.312 e. The number of aliphatic hydroxyl groups is 2. The van der Waals surface area contributed by atoms with Crippen molar-refractivity contribution in [3.05, 3.63) is 0 Å². The van der Waals surface area contributed by atoms with Gasteiger partial charge in [0.15, 0.2) is 0 Å². The minimum atomic E-state index is -1.04. The number of carbonyl (C=O) groups is 1. The molecule has 0 aromatic heterocycles. The summed E-state index contributed by atoms with van der Waals surface area (Å²) in [5, 5.41) is 21.2. The minimum Gasteiger partial charge on any atom is -0.458 e. The van der Waals surface area contributed by atoms with Crippen LogP contribution in [0, 0.1) is 11.3 Å². The van der Waals surface area contributed by atoms with E-state index in [4.69, 9.17) is 4.74 Å². The third-order valence-corrected chi connectivity index (χ3v) is 5.75. The fraction of sp³-hybridized carbons (Fsp3) is 0.933. The molecule has 2 N–H and O–H groups in total. The second-order valence-electron chi connectivity index (χ2n) is 7.71. The van der Waals surface area contributed by atoms with Crippen LogP contribution < -0.4 is 0 Å². The molecule has 4 bridgehead atoms. The summed E-state index contributed by atoms with van der Waals surface area (Å²) < 4.78 is 5.80. The van der Waals surface area contributed by atoms with Crippen LogP contribution >= 0.6 is 0 Å². The number of hydrogen-bond acceptors (Lipinski definition) is 4. The zero-order valence-corrected chi connectivity index (χ0v) is 12.0. The summed E-state index contributed by atoms with van der Waals surface area (Å²) in [6, 6.07) is 0. The van der Waals surface area contributed by atoms with E-state index in [9.17, 15) is 15.0 Å². The maximum Gasteiger partial charge on any atom is 0.312 e. The van der Waals surface area contributed by atoms with Gasteiger partial charge in [0, 0.05) is 12.8 Å². The van der Waals surface area contributed by atoms with Crippen LogP contribution in [0.5, 0.6) is 0 Å². The van der Waals surface area contributed by atoms with Crippen LogP contribution in [0.3, 0.4) is 0 Å². The average Bonchev–Trinajstić information content (AvgIpc) is 2.52. The number of rotatable bonds is 3. The van der Waals surface area contributed by atoms with Crippen LogP contribution in [0.1, 0.15) is 59.3 Å². The lowest BCUT2D eigenvalue weighted by Crippen LogP contribution is -2.44. The molecule has 2 unspecified atom stereocenters. The molecule has 0 amide bonds. The van der Waals surface area contributed by atoms with Gasteiger partial charge in [-0.2, -0.15) is 0 Å². The van der Waals surface area contributed by atoms with Gasteiger partial charge in [0.2, 0.25) is 0 Å². The van der Waals surface area contributed by atoms with Gasteiger partial charge in [0.1, 0.15) is 5.60 Å². The Kier molecular flexibility index (Phi) is 2.48. The topological polar surface area (TPSA) is 66.8 Å². The normalized spacial score (nSPS) is 47.7. The summed E-state index contributed by atoms with van der Waals surface area (Å²) in [4.78, 5) is 12.3. The molecule has 108 valence electrons. The van der Waals surface area contributed by atoms with Gasteiger partial charge in [-0.15, -0.1) is 0 Å². The Morgan fingerprint density at radius 2 is 1.74 bits per heavy atom. The lowest BCUT2D eigenvalue weighted by atomic mass is 9.77. The number of ether oxygens (including phenoxy) is 1. The first-order valence-electron chi connectivity index (χ1n) is 7.32. The van der Waals surface area contributed by atoms with Crippen molar-refractivity contribution < 1.29 is 19.7 Å². The molecule has 0 radical (unpaired) electrons. The quantitative estimate of drug-likeness (QED) is 0.766. The lowest BCUT2D eigenvalue weighted by molar-refractivity contribution is -0.178. The third-order valence-electron chi connectivity index (χ3n) is 5.75. The monoisotopic (exact) mass is 268 g/mol. The highest BCUT2D eigenvalue weighted by Gasteiger charge is 2.73. The van der Waals surface area contributed by atoms with Crippen molar-refractivity contribution in [2.45, 2.75) is 76.1 Å². The molecular weight excluding hydrogens is 244 g/mol. The number of carbonyl (C=O) groups excluding carboxylic acids is 1. The molecule has 19 heavy (non-hydrogen) atoms. The van der Waals surface area contributed by atoms with Crippen LogP contribution in [-0.2, 0) is 9.53 Å². The molecule has 4 saturated carbocycles. The van der Waals surface area contributed by atoms with Crippen molar-refractivity contribution >= 4 is 5.97 Å². The standard InChI is InChI=1S/C15H24O4/c1-4-12(2,3)11(16)19-13-5-10-6-14(17,8-13)15(18,7-10)9-13/h10,17-18H,4-9H2,1-3H3. The Hall–Kier alpha value is -0.610. The average molecular weight is 268 g/mol. The zero-order valence-electron chi connectivity index (χ0n) is 12.0. The molecule has 4 fully saturated rings. The Bertz CT molecular complexity index is 410. The summed E-state index contributed by atoms with van der Waals surface area (Å²) in [5.41, 5.74) is -3.20. The maximum atomic E-state index is 12.3. The molecule has 0 aromatic rings. The van der Waals surface area contributed by atoms with Gasteiger partial charge in [-0.25, -0.2) is 0 Å². The van der Waals surface area contributed by atoms with Gasteiger partial charge < -0.3 is 14.9 Å². The van der Waals surface area contributed by atoms with E-state index in [0.29, 0.717) is 25.7 Å². The summed E-state index contributed by atoms with van der Waals surface area (Å²) in [5.74, 6) is 0.0826. The van der Waals surface area contributed by atoms with E-state index >= 15 is 0 Å². The fourth-order valence-electron chi connectivity index (χ4n) is 4.42. The van der Waals surface area contributed by atoms with E-state index in [-0.39, 0.29) is 11.9 Å². The van der Waals surface area contributed by atoms with Crippen molar-refractivity contribution in [2.24, 2.45) is 11.3 Å². The van der Waals surface area contributed by atoms with Crippen molar-refractivity contribution in [1.82, 2.24) is 0 Å². The highest BCUT2D eigenvalue weighted by Crippen LogP contribution is 2.65. The van der Waals surface area contributed by atoms with E-state index in [1.807, 2.05) is 20.8 Å². The first-order valence-corrected chi connectivity index (χ1v) is 7.32. The predicted molar refractivity (Wildman–Crippen MR) is 69.4 cm³/mol. The molecular formula is C15H24O4. The van der Waals surface area contributed by atoms with Crippen molar-refractivity contribution in [1.29, 1.82) is 0 Å². The molecule has 4 aliphatic rings. The summed E-state index contributed by atoms with van der Waals surface area (Å²) in [6.45, 7) is 5.73. The Balaban J connectivity index is 1.82. The number of esters is 1. The van der Waals surface area contributed by atoms with Crippen LogP contribution in [-0.4, -0.2) is 33.0 Å². The maximum absolute atomic E-state index is 12.3. The minimum absolute atomic E-state index is 0.204. The van der Waals surface area contributed by atoms with E-state index in [0.717, 1.165) is 12.8 Å². The van der Waals surface area contributed by atoms with Gasteiger partial charge in [0.25, 0.3) is 0 Å². The van der Waals surface area contributed by atoms with Gasteiger partial charge in [-0.3, -0.25) is 4.79 Å². The second-order valence-corrected chi connectivity index (χ2v) is 7.71. The zero-order chi connectivity index (χ0) is 14.1. The van der Waals surface area contributed by atoms with Crippen LogP contribution in [0.25, 0.3) is 0 Å². The molecule has 4 nitrogen and oxygen atoms in total. The van der Waals surface area contributed by atoms with E-state index < -0.39 is 22.2 Å². The molecule has 0 aliphatic heterocycles. The van der Waals surface area contributed by atoms with Crippen LogP contribution in [0.15, 0.2) is 0 Å². The Morgan fingerprint density at radius 3 is 2.16 bits per heavy atom. The highest BCUT2D eigenvalue weighted by atomic mass is 16.6. The molecule has 4 aliphatic carbocycles. The first-order chi connectivity index (χ1) is 8.64. The molecule has 0 saturated heterocycles. The highest BCUT2D eigenvalue weighted by molar-refractivity contribution is 5.76. The third kappa shape index (κ3) is 1.69. The van der Waals surface area contributed by atoms with Crippen LogP contribution in [0.2, 0.25) is 0 Å². The molecule has 0 aromatic carbocycles. The molecule has 4 heteroatoms. The fourth-order valence-corrected chi connectivity index (χ4v) is 4.42. The largest absolute Gasteiger partial charge is 0.458 e. The second kappa shape index (κ2) is 3.53. The van der Waals surface area contributed by atoms with E-state index in [1.165, 1.54) is 0 Å². The van der Waals surface area contributed by atoms with Gasteiger partial charge in [-0.05, 0) is 45.4 Å². The van der Waals surface area contributed by atoms with Gasteiger partial charge in [0.05, 0.1) is 16.6 Å². The SMILES string of the molecule is CCC(C)(C)C(=O)OC12CC3CC(O)(C1)C(O)(C3)C2. The Morgan fingerprint density at radius 1 is 1.21 bits per heavy atom. The molecule has 0 spiro atoms. The molecule has 4 rings (SSSR count). The van der Waals surface area contributed by atoms with Crippen molar-refractivity contribution in [3.8, 4) is 0 Å². The van der Waals surface area contributed by atoms with Gasteiger partial charge >= 0.3 is 5.97 Å². The van der Waals surface area contributed by atoms with Crippen molar-refractivity contribution in [3.63, 3.8) is 0 Å². The lowest BCUT2D eigenvalue weighted by Gasteiger charge is -2.40. The predicted octanol–water partition coefficient (Wildman–Crippen LogP) is 1.77.